The average Bonchev–Trinajstić information content (AvgIpc) is 2.63. The SMILES string of the molecule is COc1cc(/C=N\NC(=O)COc2cccc(C)c2C)cc([N+](=O)[O-])c1O. The zero-order valence-corrected chi connectivity index (χ0v) is 15.1. The number of methoxy groups -OCH3 is 1. The molecule has 0 bridgehead atoms. The monoisotopic (exact) mass is 373 g/mol. The maximum absolute atomic E-state index is 11.8. The van der Waals surface area contributed by atoms with Crippen LogP contribution in [-0.2, 0) is 4.79 Å². The molecule has 2 N–H and O–H groups in total. The van der Waals surface area contributed by atoms with Crippen molar-refractivity contribution in [1.29, 1.82) is 0 Å². The van der Waals surface area contributed by atoms with Crippen LogP contribution >= 0.6 is 0 Å². The Labute approximate surface area is 155 Å². The molecule has 0 aliphatic rings. The van der Waals surface area contributed by atoms with Gasteiger partial charge in [-0.25, -0.2) is 5.43 Å². The molecule has 9 nitrogen and oxygen atoms in total. The Morgan fingerprint density at radius 1 is 1.33 bits per heavy atom. The van der Waals surface area contributed by atoms with Gasteiger partial charge in [-0.2, -0.15) is 5.10 Å². The minimum Gasteiger partial charge on any atom is -0.500 e. The van der Waals surface area contributed by atoms with E-state index < -0.39 is 22.3 Å². The molecule has 2 aromatic rings. The second kappa shape index (κ2) is 8.65. The predicted octanol–water partition coefficient (Wildman–Crippen LogP) is 2.45. The highest BCUT2D eigenvalue weighted by Crippen LogP contribution is 2.36. The fraction of sp³-hybridized carbons (Fsp3) is 0.222. The summed E-state index contributed by atoms with van der Waals surface area (Å²) >= 11 is 0. The summed E-state index contributed by atoms with van der Waals surface area (Å²) < 4.78 is 10.3. The summed E-state index contributed by atoms with van der Waals surface area (Å²) in [4.78, 5) is 22.0. The molecule has 27 heavy (non-hydrogen) atoms. The van der Waals surface area contributed by atoms with Gasteiger partial charge >= 0.3 is 5.69 Å². The van der Waals surface area contributed by atoms with Crippen LogP contribution in [0.3, 0.4) is 0 Å². The van der Waals surface area contributed by atoms with Crippen molar-refractivity contribution in [2.24, 2.45) is 5.10 Å². The van der Waals surface area contributed by atoms with Gasteiger partial charge in [-0.15, -0.1) is 0 Å². The van der Waals surface area contributed by atoms with E-state index >= 15 is 0 Å². The third-order valence-electron chi connectivity index (χ3n) is 3.81. The molecule has 0 aliphatic carbocycles. The van der Waals surface area contributed by atoms with Crippen molar-refractivity contribution in [2.75, 3.05) is 13.7 Å². The van der Waals surface area contributed by atoms with Gasteiger partial charge in [-0.05, 0) is 37.1 Å². The van der Waals surface area contributed by atoms with Crippen molar-refractivity contribution in [3.8, 4) is 17.2 Å². The molecule has 0 heterocycles. The molecule has 2 rings (SSSR count). The van der Waals surface area contributed by atoms with E-state index in [1.807, 2.05) is 26.0 Å². The van der Waals surface area contributed by atoms with Crippen molar-refractivity contribution < 1.29 is 24.3 Å². The second-order valence-electron chi connectivity index (χ2n) is 5.63. The van der Waals surface area contributed by atoms with E-state index in [1.165, 1.54) is 19.4 Å². The Morgan fingerprint density at radius 2 is 2.07 bits per heavy atom. The van der Waals surface area contributed by atoms with Gasteiger partial charge < -0.3 is 14.6 Å². The van der Waals surface area contributed by atoms with E-state index in [0.717, 1.165) is 17.2 Å². The van der Waals surface area contributed by atoms with Crippen molar-refractivity contribution >= 4 is 17.8 Å². The Kier molecular flexibility index (Phi) is 6.32. The number of aromatic hydroxyl groups is 1. The van der Waals surface area contributed by atoms with Crippen molar-refractivity contribution in [1.82, 2.24) is 5.43 Å². The normalized spacial score (nSPS) is 10.6. The zero-order chi connectivity index (χ0) is 20.0. The maximum atomic E-state index is 11.8. The van der Waals surface area contributed by atoms with Gasteiger partial charge in [0.2, 0.25) is 5.75 Å². The van der Waals surface area contributed by atoms with Crippen LogP contribution in [0.5, 0.6) is 17.2 Å². The zero-order valence-electron chi connectivity index (χ0n) is 15.1. The smallest absolute Gasteiger partial charge is 0.315 e. The van der Waals surface area contributed by atoms with Gasteiger partial charge in [0.05, 0.1) is 18.2 Å². The lowest BCUT2D eigenvalue weighted by Crippen LogP contribution is -2.24. The van der Waals surface area contributed by atoms with Crippen LogP contribution in [0.2, 0.25) is 0 Å². The highest BCUT2D eigenvalue weighted by Gasteiger charge is 2.19. The molecule has 0 aromatic heterocycles. The lowest BCUT2D eigenvalue weighted by atomic mass is 10.1. The first kappa shape index (κ1) is 19.7. The Morgan fingerprint density at radius 3 is 2.74 bits per heavy atom. The van der Waals surface area contributed by atoms with Gasteiger partial charge in [0.15, 0.2) is 12.4 Å². The quantitative estimate of drug-likeness (QED) is 0.436. The molecule has 2 aromatic carbocycles. The third kappa shape index (κ3) is 4.94. The molecule has 9 heteroatoms. The fourth-order valence-corrected chi connectivity index (χ4v) is 2.22. The van der Waals surface area contributed by atoms with E-state index in [2.05, 4.69) is 10.5 Å². The van der Waals surface area contributed by atoms with E-state index in [1.54, 1.807) is 6.07 Å². The number of nitro groups is 1. The second-order valence-corrected chi connectivity index (χ2v) is 5.63. The molecule has 0 spiro atoms. The number of nitrogens with one attached hydrogen (secondary N) is 1. The number of aryl methyl sites for hydroxylation is 1. The number of amides is 1. The highest BCUT2D eigenvalue weighted by atomic mass is 16.6. The molecule has 1 amide bonds. The first-order valence-corrected chi connectivity index (χ1v) is 7.89. The van der Waals surface area contributed by atoms with E-state index in [9.17, 15) is 20.0 Å². The third-order valence-corrected chi connectivity index (χ3v) is 3.81. The summed E-state index contributed by atoms with van der Waals surface area (Å²) in [6.07, 6.45) is 1.20. The molecule has 0 aliphatic heterocycles. The molecule has 0 saturated carbocycles. The number of carbonyl (C=O) groups is 1. The number of rotatable bonds is 7. The number of carbonyl (C=O) groups excluding carboxylic acids is 1. The number of phenols is 1. The van der Waals surface area contributed by atoms with Gasteiger partial charge in [0.25, 0.3) is 5.91 Å². The van der Waals surface area contributed by atoms with Gasteiger partial charge in [0, 0.05) is 11.6 Å². The van der Waals surface area contributed by atoms with Crippen LogP contribution in [0.25, 0.3) is 0 Å². The standard InChI is InChI=1S/C18H19N3O6/c1-11-5-4-6-15(12(11)2)27-10-17(22)20-19-9-13-7-14(21(24)25)18(23)16(8-13)26-3/h4-9,23H,10H2,1-3H3,(H,20,22)/b19-9-. The number of hydrogen-bond donors (Lipinski definition) is 2. The summed E-state index contributed by atoms with van der Waals surface area (Å²) in [6, 6.07) is 8.00. The molecule has 142 valence electrons. The average molecular weight is 373 g/mol. The molecule has 0 atom stereocenters. The van der Waals surface area contributed by atoms with E-state index in [-0.39, 0.29) is 17.9 Å². The van der Waals surface area contributed by atoms with Crippen molar-refractivity contribution in [3.63, 3.8) is 0 Å². The highest BCUT2D eigenvalue weighted by molar-refractivity contribution is 5.85. The predicted molar refractivity (Wildman–Crippen MR) is 98.5 cm³/mol. The molecule has 0 fully saturated rings. The fourth-order valence-electron chi connectivity index (χ4n) is 2.22. The minimum absolute atomic E-state index is 0.0739. The Hall–Kier alpha value is -3.62. The maximum Gasteiger partial charge on any atom is 0.315 e. The summed E-state index contributed by atoms with van der Waals surface area (Å²) in [5.74, 6) is -0.540. The number of hydrazone groups is 1. The van der Waals surface area contributed by atoms with Crippen LogP contribution in [0, 0.1) is 24.0 Å². The van der Waals surface area contributed by atoms with E-state index in [0.29, 0.717) is 5.75 Å². The van der Waals surface area contributed by atoms with Gasteiger partial charge in [0.1, 0.15) is 5.75 Å². The summed E-state index contributed by atoms with van der Waals surface area (Å²) in [7, 11) is 1.27. The van der Waals surface area contributed by atoms with Crippen molar-refractivity contribution in [2.45, 2.75) is 13.8 Å². The number of ether oxygens (including phenoxy) is 2. The van der Waals surface area contributed by atoms with E-state index in [4.69, 9.17) is 9.47 Å². The van der Waals surface area contributed by atoms with Crippen LogP contribution < -0.4 is 14.9 Å². The largest absolute Gasteiger partial charge is 0.500 e. The van der Waals surface area contributed by atoms with Crippen LogP contribution in [-0.4, -0.2) is 35.9 Å². The first-order valence-electron chi connectivity index (χ1n) is 7.89. The lowest BCUT2D eigenvalue weighted by molar-refractivity contribution is -0.386. The summed E-state index contributed by atoms with van der Waals surface area (Å²) in [5.41, 5.74) is 4.00. The van der Waals surface area contributed by atoms with Crippen LogP contribution in [0.15, 0.2) is 35.4 Å². The molecule has 0 saturated heterocycles. The Bertz CT molecular complexity index is 895. The van der Waals surface area contributed by atoms with Crippen molar-refractivity contribution in [3.05, 3.63) is 57.1 Å². The van der Waals surface area contributed by atoms with Crippen LogP contribution in [0.1, 0.15) is 16.7 Å². The van der Waals surface area contributed by atoms with Gasteiger partial charge in [-0.3, -0.25) is 14.9 Å². The number of benzene rings is 2. The molecular weight excluding hydrogens is 354 g/mol. The minimum atomic E-state index is -0.744. The first-order chi connectivity index (χ1) is 12.8. The summed E-state index contributed by atoms with van der Waals surface area (Å²) in [5, 5.41) is 24.4. The molecular formula is C18H19N3O6. The van der Waals surface area contributed by atoms with Crippen LogP contribution in [0.4, 0.5) is 5.69 Å². The lowest BCUT2D eigenvalue weighted by Gasteiger charge is -2.09. The topological polar surface area (TPSA) is 123 Å². The number of phenolic OH excluding ortho intramolecular Hbond substituents is 1. The number of nitrogens with zero attached hydrogens (tertiary/aromatic N) is 2. The number of hydrogen-bond acceptors (Lipinski definition) is 7. The summed E-state index contributed by atoms with van der Waals surface area (Å²) in [6.45, 7) is 3.60. The number of nitro benzene ring substituents is 1. The van der Waals surface area contributed by atoms with Gasteiger partial charge in [-0.1, -0.05) is 12.1 Å². The molecule has 0 unspecified atom stereocenters. The molecule has 0 radical (unpaired) electrons. The Balaban J connectivity index is 2.00.